The lowest BCUT2D eigenvalue weighted by Crippen LogP contribution is -2.10. The Hall–Kier alpha value is -1.82. The van der Waals surface area contributed by atoms with Gasteiger partial charge in [-0.1, -0.05) is 6.92 Å². The maximum absolute atomic E-state index is 13.6. The average Bonchev–Trinajstić information content (AvgIpc) is 2.34. The molecule has 0 unspecified atom stereocenters. The SMILES string of the molecule is CCc1cc(NN)c2c(F)c(F)cc(F)c2n1. The fraction of sp³-hybridized carbons (Fsp3) is 0.182. The molecule has 3 nitrogen and oxygen atoms in total. The number of aromatic nitrogens is 1. The second-order valence-electron chi connectivity index (χ2n) is 3.54. The van der Waals surface area contributed by atoms with Gasteiger partial charge in [-0.25, -0.2) is 18.2 Å². The molecule has 0 saturated heterocycles. The number of aryl methyl sites for hydroxylation is 1. The van der Waals surface area contributed by atoms with Gasteiger partial charge in [0, 0.05) is 11.8 Å². The van der Waals surface area contributed by atoms with Gasteiger partial charge in [-0.2, -0.15) is 0 Å². The third-order valence-corrected chi connectivity index (χ3v) is 2.50. The fourth-order valence-corrected chi connectivity index (χ4v) is 1.65. The number of anilines is 1. The van der Waals surface area contributed by atoms with Gasteiger partial charge in [-0.15, -0.1) is 0 Å². The number of benzene rings is 1. The minimum Gasteiger partial charge on any atom is -0.323 e. The van der Waals surface area contributed by atoms with Crippen molar-refractivity contribution in [2.45, 2.75) is 13.3 Å². The predicted octanol–water partition coefficient (Wildman–Crippen LogP) is 2.50. The van der Waals surface area contributed by atoms with Crippen LogP contribution in [0.15, 0.2) is 12.1 Å². The maximum atomic E-state index is 13.6. The topological polar surface area (TPSA) is 50.9 Å². The van der Waals surface area contributed by atoms with Gasteiger partial charge >= 0.3 is 0 Å². The van der Waals surface area contributed by atoms with Crippen LogP contribution in [0.1, 0.15) is 12.6 Å². The highest BCUT2D eigenvalue weighted by Gasteiger charge is 2.17. The van der Waals surface area contributed by atoms with E-state index in [0.29, 0.717) is 18.2 Å². The lowest BCUT2D eigenvalue weighted by atomic mass is 10.1. The number of hydrazine groups is 1. The molecule has 90 valence electrons. The van der Waals surface area contributed by atoms with Gasteiger partial charge in [-0.3, -0.25) is 5.84 Å². The zero-order valence-corrected chi connectivity index (χ0v) is 9.02. The smallest absolute Gasteiger partial charge is 0.170 e. The number of nitrogens with two attached hydrogens (primary N) is 1. The predicted molar refractivity (Wildman–Crippen MR) is 58.8 cm³/mol. The van der Waals surface area contributed by atoms with Crippen LogP contribution in [0.5, 0.6) is 0 Å². The summed E-state index contributed by atoms with van der Waals surface area (Å²) in [5.41, 5.74) is 2.65. The summed E-state index contributed by atoms with van der Waals surface area (Å²) in [7, 11) is 0. The van der Waals surface area contributed by atoms with E-state index in [-0.39, 0.29) is 16.6 Å². The molecule has 0 saturated carbocycles. The Bertz CT molecular complexity index is 584. The standard InChI is InChI=1S/C11H10F3N3/c1-2-5-3-8(17-15)9-10(14)6(12)4-7(13)11(9)16-5/h3-4H,2,15H2,1H3,(H,16,17). The summed E-state index contributed by atoms with van der Waals surface area (Å²) in [6, 6.07) is 1.94. The van der Waals surface area contributed by atoms with E-state index in [9.17, 15) is 13.2 Å². The molecule has 0 spiro atoms. The van der Waals surface area contributed by atoms with E-state index >= 15 is 0 Å². The number of nitrogens with zero attached hydrogens (tertiary/aromatic N) is 1. The second kappa shape index (κ2) is 4.21. The molecular weight excluding hydrogens is 231 g/mol. The highest BCUT2D eigenvalue weighted by atomic mass is 19.2. The molecule has 0 aliphatic rings. The number of rotatable bonds is 2. The maximum Gasteiger partial charge on any atom is 0.170 e. The number of nitrogens with one attached hydrogen (secondary N) is 1. The summed E-state index contributed by atoms with van der Waals surface area (Å²) in [6.45, 7) is 1.81. The fourth-order valence-electron chi connectivity index (χ4n) is 1.65. The van der Waals surface area contributed by atoms with Crippen molar-refractivity contribution < 1.29 is 13.2 Å². The molecule has 1 heterocycles. The first kappa shape index (κ1) is 11.7. The molecule has 1 aromatic heterocycles. The monoisotopic (exact) mass is 241 g/mol. The summed E-state index contributed by atoms with van der Waals surface area (Å²) >= 11 is 0. The Morgan fingerprint density at radius 2 is 1.94 bits per heavy atom. The van der Waals surface area contributed by atoms with Crippen LogP contribution in [0, 0.1) is 17.5 Å². The first-order valence-corrected chi connectivity index (χ1v) is 5.02. The van der Waals surface area contributed by atoms with E-state index in [2.05, 4.69) is 10.4 Å². The molecule has 0 atom stereocenters. The molecule has 3 N–H and O–H groups in total. The van der Waals surface area contributed by atoms with E-state index in [1.807, 2.05) is 6.92 Å². The second-order valence-corrected chi connectivity index (χ2v) is 3.54. The summed E-state index contributed by atoms with van der Waals surface area (Å²) in [6.07, 6.45) is 0.531. The number of nitrogen functional groups attached to an aromatic ring is 1. The Morgan fingerprint density at radius 1 is 1.24 bits per heavy atom. The van der Waals surface area contributed by atoms with Crippen LogP contribution in [0.4, 0.5) is 18.9 Å². The Balaban J connectivity index is 2.93. The molecule has 1 aromatic carbocycles. The third kappa shape index (κ3) is 1.80. The molecule has 0 bridgehead atoms. The van der Waals surface area contributed by atoms with Crippen LogP contribution in [0.3, 0.4) is 0 Å². The van der Waals surface area contributed by atoms with Crippen LogP contribution in [0.2, 0.25) is 0 Å². The average molecular weight is 241 g/mol. The zero-order valence-electron chi connectivity index (χ0n) is 9.02. The van der Waals surface area contributed by atoms with E-state index in [1.165, 1.54) is 6.07 Å². The van der Waals surface area contributed by atoms with Gasteiger partial charge < -0.3 is 5.43 Å². The number of fused-ring (bicyclic) bond motifs is 1. The van der Waals surface area contributed by atoms with Crippen LogP contribution < -0.4 is 11.3 Å². The van der Waals surface area contributed by atoms with Crippen LogP contribution in [0.25, 0.3) is 10.9 Å². The highest BCUT2D eigenvalue weighted by Crippen LogP contribution is 2.29. The molecule has 0 fully saturated rings. The highest BCUT2D eigenvalue weighted by molar-refractivity contribution is 5.92. The lowest BCUT2D eigenvalue weighted by molar-refractivity contribution is 0.505. The number of hydrogen-bond donors (Lipinski definition) is 2. The molecular formula is C11H10F3N3. The lowest BCUT2D eigenvalue weighted by Gasteiger charge is -2.10. The first-order valence-electron chi connectivity index (χ1n) is 5.02. The van der Waals surface area contributed by atoms with Crippen molar-refractivity contribution in [1.82, 2.24) is 4.98 Å². The van der Waals surface area contributed by atoms with Crippen LogP contribution in [-0.2, 0) is 6.42 Å². The number of hydrogen-bond acceptors (Lipinski definition) is 3. The molecule has 0 aliphatic heterocycles. The van der Waals surface area contributed by atoms with Crippen LogP contribution in [-0.4, -0.2) is 4.98 Å². The Morgan fingerprint density at radius 3 is 2.53 bits per heavy atom. The van der Waals surface area contributed by atoms with Crippen molar-refractivity contribution in [1.29, 1.82) is 0 Å². The summed E-state index contributed by atoms with van der Waals surface area (Å²) in [5.74, 6) is 1.88. The van der Waals surface area contributed by atoms with Gasteiger partial charge in [0.1, 0.15) is 5.52 Å². The minimum atomic E-state index is -1.27. The third-order valence-electron chi connectivity index (χ3n) is 2.50. The minimum absolute atomic E-state index is 0.114. The van der Waals surface area contributed by atoms with Gasteiger partial charge in [0.25, 0.3) is 0 Å². The molecule has 0 aliphatic carbocycles. The number of pyridine rings is 1. The van der Waals surface area contributed by atoms with Crippen LogP contribution >= 0.6 is 0 Å². The zero-order chi connectivity index (χ0) is 12.6. The molecule has 6 heteroatoms. The van der Waals surface area contributed by atoms with E-state index < -0.39 is 17.5 Å². The van der Waals surface area contributed by atoms with Gasteiger partial charge in [-0.05, 0) is 12.5 Å². The summed E-state index contributed by atoms with van der Waals surface area (Å²) < 4.78 is 40.2. The van der Waals surface area contributed by atoms with E-state index in [0.717, 1.165) is 0 Å². The molecule has 17 heavy (non-hydrogen) atoms. The quantitative estimate of drug-likeness (QED) is 0.482. The van der Waals surface area contributed by atoms with Crippen molar-refractivity contribution in [2.75, 3.05) is 5.43 Å². The van der Waals surface area contributed by atoms with Crippen molar-refractivity contribution in [3.05, 3.63) is 35.3 Å². The first-order chi connectivity index (χ1) is 8.08. The van der Waals surface area contributed by atoms with E-state index in [4.69, 9.17) is 5.84 Å². The van der Waals surface area contributed by atoms with Crippen molar-refractivity contribution in [3.63, 3.8) is 0 Å². The largest absolute Gasteiger partial charge is 0.323 e. The van der Waals surface area contributed by atoms with Gasteiger partial charge in [0.05, 0.1) is 11.1 Å². The number of halogens is 3. The van der Waals surface area contributed by atoms with Gasteiger partial charge in [0.15, 0.2) is 17.5 Å². The van der Waals surface area contributed by atoms with E-state index in [1.54, 1.807) is 0 Å². The molecule has 0 radical (unpaired) electrons. The van der Waals surface area contributed by atoms with Crippen molar-refractivity contribution >= 4 is 16.6 Å². The van der Waals surface area contributed by atoms with Crippen molar-refractivity contribution in [2.24, 2.45) is 5.84 Å². The summed E-state index contributed by atoms with van der Waals surface area (Å²) in [4.78, 5) is 3.93. The Labute approximate surface area is 95.4 Å². The van der Waals surface area contributed by atoms with Gasteiger partial charge in [0.2, 0.25) is 0 Å². The molecule has 0 amide bonds. The van der Waals surface area contributed by atoms with Crippen molar-refractivity contribution in [3.8, 4) is 0 Å². The normalized spacial score (nSPS) is 10.9. The molecule has 2 aromatic rings. The molecule has 2 rings (SSSR count). The summed E-state index contributed by atoms with van der Waals surface area (Å²) in [5, 5.41) is -0.276. The Kier molecular flexibility index (Phi) is 2.89.